The Labute approximate surface area is 101 Å². The fraction of sp³-hybridized carbons (Fsp3) is 0.929. The first kappa shape index (κ1) is 15.4. The van der Waals surface area contributed by atoms with E-state index in [2.05, 4.69) is 13.0 Å². The number of nitrogens with two attached hydrogens (primary N) is 1. The molecule has 1 atom stereocenters. The summed E-state index contributed by atoms with van der Waals surface area (Å²) in [4.78, 5) is 0. The predicted molar refractivity (Wildman–Crippen MR) is 70.0 cm³/mol. The van der Waals surface area contributed by atoms with Gasteiger partial charge in [-0.25, -0.2) is 0 Å². The second-order valence-electron chi connectivity index (χ2n) is 4.64. The third-order valence-electron chi connectivity index (χ3n) is 3.18. The van der Waals surface area contributed by atoms with E-state index in [9.17, 15) is 0 Å². The second-order valence-corrected chi connectivity index (χ2v) is 4.64. The van der Waals surface area contributed by atoms with Crippen LogP contribution in [0.15, 0.2) is 0 Å². The van der Waals surface area contributed by atoms with E-state index < -0.39 is 0 Å². The van der Waals surface area contributed by atoms with E-state index in [0.717, 1.165) is 19.4 Å². The van der Waals surface area contributed by atoms with Crippen LogP contribution in [0.5, 0.6) is 0 Å². The molecule has 2 heteroatoms. The number of unbranched alkanes of at least 4 members (excludes halogenated alkanes) is 7. The van der Waals surface area contributed by atoms with Crippen molar-refractivity contribution in [2.45, 2.75) is 71.1 Å². The maximum Gasteiger partial charge on any atom is 0.0655 e. The normalized spacial score (nSPS) is 12.3. The van der Waals surface area contributed by atoms with Crippen LogP contribution in [0, 0.1) is 17.2 Å². The summed E-state index contributed by atoms with van der Waals surface area (Å²) >= 11 is 0. The molecule has 0 aliphatic carbocycles. The Balaban J connectivity index is 3.07. The van der Waals surface area contributed by atoms with Crippen molar-refractivity contribution < 1.29 is 0 Å². The third kappa shape index (κ3) is 9.98. The number of nitrogens with zero attached hydrogens (tertiary/aromatic N) is 1. The summed E-state index contributed by atoms with van der Waals surface area (Å²) in [6, 6.07) is 2.37. The summed E-state index contributed by atoms with van der Waals surface area (Å²) in [5.41, 5.74) is 5.44. The molecule has 0 bridgehead atoms. The van der Waals surface area contributed by atoms with Crippen LogP contribution in [0.25, 0.3) is 0 Å². The van der Waals surface area contributed by atoms with Gasteiger partial charge in [0.15, 0.2) is 0 Å². The minimum atomic E-state index is 0.296. The van der Waals surface area contributed by atoms with Gasteiger partial charge in [-0.3, -0.25) is 0 Å². The van der Waals surface area contributed by atoms with E-state index in [4.69, 9.17) is 11.0 Å². The van der Waals surface area contributed by atoms with Crippen molar-refractivity contribution in [3.8, 4) is 6.07 Å². The fourth-order valence-corrected chi connectivity index (χ4v) is 1.96. The quantitative estimate of drug-likeness (QED) is 0.539. The van der Waals surface area contributed by atoms with Crippen molar-refractivity contribution in [2.75, 3.05) is 6.54 Å². The summed E-state index contributed by atoms with van der Waals surface area (Å²) in [5.74, 6) is 0.296. The standard InChI is InChI=1S/C14H28N2/c1-2-14(13-16)11-9-7-5-3-4-6-8-10-12-15/h14H,2-12,15H2,1H3. The van der Waals surface area contributed by atoms with Gasteiger partial charge < -0.3 is 5.73 Å². The molecular formula is C14H28N2. The zero-order valence-electron chi connectivity index (χ0n) is 10.9. The number of hydrogen-bond donors (Lipinski definition) is 1. The molecule has 0 saturated carbocycles. The summed E-state index contributed by atoms with van der Waals surface area (Å²) < 4.78 is 0. The fourth-order valence-electron chi connectivity index (χ4n) is 1.96. The van der Waals surface area contributed by atoms with E-state index in [0.29, 0.717) is 5.92 Å². The molecule has 0 amide bonds. The summed E-state index contributed by atoms with van der Waals surface area (Å²) in [6.07, 6.45) is 12.5. The molecule has 0 rings (SSSR count). The number of nitriles is 1. The highest BCUT2D eigenvalue weighted by molar-refractivity contribution is 4.80. The molecule has 1 unspecified atom stereocenters. The maximum absolute atomic E-state index is 8.79. The van der Waals surface area contributed by atoms with Gasteiger partial charge in [-0.1, -0.05) is 51.9 Å². The second kappa shape index (κ2) is 12.5. The molecule has 0 aliphatic rings. The van der Waals surface area contributed by atoms with Crippen LogP contribution in [0.3, 0.4) is 0 Å². The highest BCUT2D eigenvalue weighted by atomic mass is 14.5. The van der Waals surface area contributed by atoms with Gasteiger partial charge in [-0.15, -0.1) is 0 Å². The van der Waals surface area contributed by atoms with Gasteiger partial charge in [0, 0.05) is 5.92 Å². The first-order valence-electron chi connectivity index (χ1n) is 6.94. The van der Waals surface area contributed by atoms with Gasteiger partial charge in [-0.05, 0) is 25.8 Å². The third-order valence-corrected chi connectivity index (χ3v) is 3.18. The van der Waals surface area contributed by atoms with Gasteiger partial charge >= 0.3 is 0 Å². The average molecular weight is 224 g/mol. The molecule has 0 aromatic heterocycles. The molecule has 2 nitrogen and oxygen atoms in total. The Kier molecular flexibility index (Phi) is 12.1. The van der Waals surface area contributed by atoms with Crippen LogP contribution in [-0.2, 0) is 0 Å². The lowest BCUT2D eigenvalue weighted by Gasteiger charge is -2.05. The van der Waals surface area contributed by atoms with Crippen molar-refractivity contribution in [3.63, 3.8) is 0 Å². The first-order valence-corrected chi connectivity index (χ1v) is 6.94. The molecule has 0 spiro atoms. The molecule has 0 saturated heterocycles. The average Bonchev–Trinajstić information content (AvgIpc) is 2.32. The SMILES string of the molecule is CCC(C#N)CCCCCCCCCCN. The van der Waals surface area contributed by atoms with Crippen LogP contribution >= 0.6 is 0 Å². The summed E-state index contributed by atoms with van der Waals surface area (Å²) in [6.45, 7) is 2.94. The molecule has 0 radical (unpaired) electrons. The highest BCUT2D eigenvalue weighted by Gasteiger charge is 2.02. The van der Waals surface area contributed by atoms with E-state index in [1.165, 1.54) is 51.4 Å². The van der Waals surface area contributed by atoms with E-state index in [-0.39, 0.29) is 0 Å². The summed E-state index contributed by atoms with van der Waals surface area (Å²) in [7, 11) is 0. The minimum Gasteiger partial charge on any atom is -0.330 e. The van der Waals surface area contributed by atoms with Gasteiger partial charge in [0.25, 0.3) is 0 Å². The van der Waals surface area contributed by atoms with Crippen LogP contribution in [0.2, 0.25) is 0 Å². The smallest absolute Gasteiger partial charge is 0.0655 e. The number of hydrogen-bond acceptors (Lipinski definition) is 2. The van der Waals surface area contributed by atoms with Crippen molar-refractivity contribution in [1.29, 1.82) is 5.26 Å². The highest BCUT2D eigenvalue weighted by Crippen LogP contribution is 2.14. The Hall–Kier alpha value is -0.550. The van der Waals surface area contributed by atoms with Gasteiger partial charge in [0.2, 0.25) is 0 Å². The Morgan fingerprint density at radius 2 is 1.44 bits per heavy atom. The lowest BCUT2D eigenvalue weighted by atomic mass is 9.99. The largest absolute Gasteiger partial charge is 0.330 e. The molecule has 0 aromatic rings. The van der Waals surface area contributed by atoms with Gasteiger partial charge in [0.1, 0.15) is 0 Å². The van der Waals surface area contributed by atoms with Crippen molar-refractivity contribution in [2.24, 2.45) is 11.7 Å². The topological polar surface area (TPSA) is 49.8 Å². The Bertz CT molecular complexity index is 172. The zero-order chi connectivity index (χ0) is 12.1. The maximum atomic E-state index is 8.79. The lowest BCUT2D eigenvalue weighted by molar-refractivity contribution is 0.510. The van der Waals surface area contributed by atoms with E-state index in [1.807, 2.05) is 0 Å². The Morgan fingerprint density at radius 3 is 1.88 bits per heavy atom. The van der Waals surface area contributed by atoms with Crippen LogP contribution in [0.1, 0.15) is 71.1 Å². The Morgan fingerprint density at radius 1 is 0.938 bits per heavy atom. The molecule has 0 heterocycles. The molecule has 2 N–H and O–H groups in total. The molecule has 0 aromatic carbocycles. The van der Waals surface area contributed by atoms with Crippen molar-refractivity contribution in [1.82, 2.24) is 0 Å². The van der Waals surface area contributed by atoms with E-state index >= 15 is 0 Å². The zero-order valence-corrected chi connectivity index (χ0v) is 10.9. The van der Waals surface area contributed by atoms with Gasteiger partial charge in [0.05, 0.1) is 6.07 Å². The van der Waals surface area contributed by atoms with Crippen molar-refractivity contribution >= 4 is 0 Å². The first-order chi connectivity index (χ1) is 7.85. The predicted octanol–water partition coefficient (Wildman–Crippen LogP) is 4.01. The van der Waals surface area contributed by atoms with Crippen molar-refractivity contribution in [3.05, 3.63) is 0 Å². The number of rotatable bonds is 11. The summed E-state index contributed by atoms with van der Waals surface area (Å²) in [5, 5.41) is 8.79. The molecular weight excluding hydrogens is 196 g/mol. The lowest BCUT2D eigenvalue weighted by Crippen LogP contribution is -1.97. The molecule has 0 aliphatic heterocycles. The molecule has 16 heavy (non-hydrogen) atoms. The van der Waals surface area contributed by atoms with E-state index in [1.54, 1.807) is 0 Å². The monoisotopic (exact) mass is 224 g/mol. The minimum absolute atomic E-state index is 0.296. The van der Waals surface area contributed by atoms with Gasteiger partial charge in [-0.2, -0.15) is 5.26 Å². The molecule has 0 fully saturated rings. The van der Waals surface area contributed by atoms with Crippen LogP contribution in [0.4, 0.5) is 0 Å². The molecule has 94 valence electrons. The van der Waals surface area contributed by atoms with Crippen LogP contribution < -0.4 is 5.73 Å². The van der Waals surface area contributed by atoms with Crippen LogP contribution in [-0.4, -0.2) is 6.54 Å².